The lowest BCUT2D eigenvalue weighted by molar-refractivity contribution is -0.378. The SMILES string of the molecule is CCCCCCCCCCCCCCCCCC(=O)N[C@H]1CO[C@@H]2O[C@@H](COC(=O)CCC(=O)O[C@H](CCCCCCCCCCCCCC)[C@H]1OC(C)=O)[C@@H](O[C@@H]1OC(COC(=O)c3ccccc3)[C@H](C)[C@H](O[C@]3(C(=O)OC)CC(C)[C@@H](C)[C@H]([C@H](C)C(COC(C)=O)OC(C)=O)O3)C1OC(=O)c1ccccc1)C(C)C2OCc1ccc(OC)cc1. The van der Waals surface area contributed by atoms with Crippen molar-refractivity contribution in [3.8, 4) is 5.75 Å². The summed E-state index contributed by atoms with van der Waals surface area (Å²) in [6.45, 7) is 15.3. The maximum absolute atomic E-state index is 15.1. The molecule has 3 aromatic rings. The number of carbonyl (C=O) groups excluding carboxylic acids is 9. The van der Waals surface area contributed by atoms with E-state index in [0.717, 1.165) is 64.9 Å². The summed E-state index contributed by atoms with van der Waals surface area (Å²) >= 11 is 0. The van der Waals surface area contributed by atoms with Gasteiger partial charge in [0.15, 0.2) is 24.8 Å². The molecule has 0 spiro atoms. The van der Waals surface area contributed by atoms with Crippen LogP contribution in [-0.4, -0.2) is 180 Å². The van der Waals surface area contributed by atoms with Gasteiger partial charge in [-0.15, -0.1) is 0 Å². The molecule has 19 atom stereocenters. The molecule has 1 amide bonds. The van der Waals surface area contributed by atoms with Crippen LogP contribution in [0.2, 0.25) is 0 Å². The van der Waals surface area contributed by atoms with E-state index in [-0.39, 0.29) is 49.5 Å². The van der Waals surface area contributed by atoms with Gasteiger partial charge in [0.2, 0.25) is 5.91 Å². The first-order valence-corrected chi connectivity index (χ1v) is 45.3. The zero-order valence-electron chi connectivity index (χ0n) is 74.3. The minimum atomic E-state index is -2.37. The van der Waals surface area contributed by atoms with Crippen molar-refractivity contribution in [2.45, 2.75) is 367 Å². The van der Waals surface area contributed by atoms with Gasteiger partial charge in [-0.25, -0.2) is 14.4 Å². The Bertz CT molecular complexity index is 3530. The molecule has 3 aromatic carbocycles. The average Bonchev–Trinajstić information content (AvgIpc) is 0.751. The summed E-state index contributed by atoms with van der Waals surface area (Å²) in [6, 6.07) is 22.4. The summed E-state index contributed by atoms with van der Waals surface area (Å²) in [5, 5.41) is 3.17. The molecule has 26 heteroatoms. The van der Waals surface area contributed by atoms with E-state index in [1.807, 2.05) is 26.0 Å². The summed E-state index contributed by atoms with van der Waals surface area (Å²) in [4.78, 5) is 126. The van der Waals surface area contributed by atoms with E-state index in [2.05, 4.69) is 19.2 Å². The number of cyclic esters (lactones) is 2. The van der Waals surface area contributed by atoms with Crippen LogP contribution in [0, 0.1) is 29.6 Å². The minimum Gasteiger partial charge on any atom is -0.497 e. The number of nitrogens with one attached hydrogen (secondary N) is 1. The Morgan fingerprint density at radius 2 is 1.10 bits per heavy atom. The van der Waals surface area contributed by atoms with E-state index >= 15 is 9.59 Å². The maximum Gasteiger partial charge on any atom is 0.366 e. The average molecular weight is 1700 g/mol. The number of methoxy groups -OCH3 is 2. The number of benzene rings is 3. The number of unbranched alkanes of at least 4 members (excludes halogenated alkanes) is 25. The third kappa shape index (κ3) is 34.1. The number of hydrogen-bond acceptors (Lipinski definition) is 25. The van der Waals surface area contributed by atoms with Crippen molar-refractivity contribution < 1.29 is 119 Å². The minimum absolute atomic E-state index is 0.0711. The van der Waals surface area contributed by atoms with Crippen molar-refractivity contribution in [1.29, 1.82) is 0 Å². The zero-order chi connectivity index (χ0) is 87.5. The van der Waals surface area contributed by atoms with Crippen molar-refractivity contribution in [2.75, 3.05) is 40.6 Å². The van der Waals surface area contributed by atoms with Gasteiger partial charge >= 0.3 is 47.8 Å². The Morgan fingerprint density at radius 1 is 0.545 bits per heavy atom. The fourth-order valence-electron chi connectivity index (χ4n) is 16.7. The van der Waals surface area contributed by atoms with Crippen LogP contribution in [-0.2, 0) is 111 Å². The van der Waals surface area contributed by atoms with Gasteiger partial charge in [-0.3, -0.25) is 28.8 Å². The van der Waals surface area contributed by atoms with Crippen LogP contribution in [0.4, 0.5) is 0 Å². The molecular formula is C95H143NO25. The number of carbonyl (C=O) groups is 9. The molecule has 4 heterocycles. The second kappa shape index (κ2) is 54.9. The van der Waals surface area contributed by atoms with E-state index in [4.69, 9.17) is 75.8 Å². The molecule has 7 rings (SSSR count). The first-order chi connectivity index (χ1) is 58.4. The highest BCUT2D eigenvalue weighted by Gasteiger charge is 2.60. The molecule has 0 aromatic heterocycles. The molecule has 121 heavy (non-hydrogen) atoms. The third-order valence-corrected chi connectivity index (χ3v) is 24.0. The molecule has 4 fully saturated rings. The Balaban J connectivity index is 1.29. The van der Waals surface area contributed by atoms with Gasteiger partial charge in [-0.05, 0) is 73.1 Å². The number of hydrogen-bond donors (Lipinski definition) is 1. The lowest BCUT2D eigenvalue weighted by atomic mass is 9.76. The molecule has 0 aliphatic carbocycles. The van der Waals surface area contributed by atoms with Crippen LogP contribution in [0.1, 0.15) is 301 Å². The largest absolute Gasteiger partial charge is 0.497 e. The zero-order valence-corrected chi connectivity index (χ0v) is 74.3. The van der Waals surface area contributed by atoms with Gasteiger partial charge in [0.05, 0.1) is 69.7 Å². The Labute approximate surface area is 718 Å². The normalized spacial score (nSPS) is 26.4. The van der Waals surface area contributed by atoms with Crippen molar-refractivity contribution in [3.05, 3.63) is 102 Å². The predicted octanol–water partition coefficient (Wildman–Crippen LogP) is 17.3. The third-order valence-electron chi connectivity index (χ3n) is 24.0. The van der Waals surface area contributed by atoms with Gasteiger partial charge < -0.3 is 81.1 Å². The fraction of sp³-hybridized carbons (Fsp3) is 0.716. The maximum atomic E-state index is 15.1. The van der Waals surface area contributed by atoms with E-state index in [9.17, 15) is 33.6 Å². The number of esters is 8. The van der Waals surface area contributed by atoms with Crippen LogP contribution in [0.5, 0.6) is 5.75 Å². The van der Waals surface area contributed by atoms with Crippen LogP contribution >= 0.6 is 0 Å². The van der Waals surface area contributed by atoms with Gasteiger partial charge in [-0.2, -0.15) is 0 Å². The standard InChI is InChI=1S/C95H143NO25/c1-13-15-17-19-21-23-25-27-28-29-31-33-35-37-45-51-81(100)96-76-60-112-92-87(110-59-72-52-54-75(106-11)55-53-72)68(7)85(80(117-92)63-109-82(101)56-57-83(102)115-77(88(76)114-71(10)99)50-44-36-34-32-30-26-24-22-20-18-16-14-2)119-93-89(118-91(104)74-48-42-39-43-49-74)86(67(6)79(116-93)62-111-90(103)73-46-40-38-41-47-73)121-95(94(105)107-12)58-64(3)65(4)84(120-95)66(5)78(113-70(9)98)61-108-69(8)97/h38-43,46-49,52-55,64-68,76-80,84-89,92-93H,13-37,44-45,50-51,56-63H2,1-12H3,(H,96,100)/t64?,65-,66-,67+,68?,76+,77-,78?,79?,80+,84-,85+,86+,87?,88+,89?,92-,93+,95+/m1/s1. The molecule has 0 saturated carbocycles. The van der Waals surface area contributed by atoms with Crippen molar-refractivity contribution in [1.82, 2.24) is 5.32 Å². The lowest BCUT2D eigenvalue weighted by Gasteiger charge is -2.52. The van der Waals surface area contributed by atoms with E-state index in [0.29, 0.717) is 24.2 Å². The highest BCUT2D eigenvalue weighted by molar-refractivity contribution is 5.90. The first kappa shape index (κ1) is 101. The quantitative estimate of drug-likeness (QED) is 0.0312. The van der Waals surface area contributed by atoms with Crippen LogP contribution in [0.25, 0.3) is 0 Å². The lowest BCUT2D eigenvalue weighted by Crippen LogP contribution is -2.66. The second-order valence-corrected chi connectivity index (χ2v) is 33.7. The van der Waals surface area contributed by atoms with Crippen LogP contribution < -0.4 is 10.1 Å². The monoisotopic (exact) mass is 1700 g/mol. The van der Waals surface area contributed by atoms with Gasteiger partial charge in [0.25, 0.3) is 5.79 Å². The molecule has 4 aliphatic heterocycles. The van der Waals surface area contributed by atoms with Gasteiger partial charge in [0, 0.05) is 51.4 Å². The predicted molar refractivity (Wildman–Crippen MR) is 452 cm³/mol. The first-order valence-electron chi connectivity index (χ1n) is 45.3. The summed E-state index contributed by atoms with van der Waals surface area (Å²) < 4.78 is 104. The van der Waals surface area contributed by atoms with Crippen molar-refractivity contribution in [2.24, 2.45) is 29.6 Å². The fourth-order valence-corrected chi connectivity index (χ4v) is 16.7. The summed E-state index contributed by atoms with van der Waals surface area (Å²) in [7, 11) is 2.71. The van der Waals surface area contributed by atoms with Gasteiger partial charge in [0.1, 0.15) is 62.2 Å². The highest BCUT2D eigenvalue weighted by atomic mass is 16.8. The van der Waals surface area contributed by atoms with Crippen LogP contribution in [0.15, 0.2) is 84.9 Å². The number of ether oxygens (including phenoxy) is 16. The Kier molecular flexibility index (Phi) is 45.6. The van der Waals surface area contributed by atoms with E-state index in [1.54, 1.807) is 88.5 Å². The van der Waals surface area contributed by atoms with Crippen molar-refractivity contribution >= 4 is 53.7 Å². The topological polar surface area (TPSA) is 313 Å². The smallest absolute Gasteiger partial charge is 0.366 e. The molecule has 2 bridgehead atoms. The molecule has 678 valence electrons. The molecule has 4 saturated heterocycles. The summed E-state index contributed by atoms with van der Waals surface area (Å²) in [5.41, 5.74) is 1.00. The van der Waals surface area contributed by atoms with E-state index in [1.165, 1.54) is 136 Å². The molecule has 6 unspecified atom stereocenters. The van der Waals surface area contributed by atoms with Crippen LogP contribution in [0.3, 0.4) is 0 Å². The molecule has 1 N–H and O–H groups in total. The number of amides is 1. The Hall–Kier alpha value is -7.59. The Morgan fingerprint density at radius 3 is 1.64 bits per heavy atom. The van der Waals surface area contributed by atoms with E-state index < -0.39 is 195 Å². The van der Waals surface area contributed by atoms with Gasteiger partial charge in [-0.1, -0.05) is 258 Å². The second-order valence-electron chi connectivity index (χ2n) is 33.7. The number of rotatable bonds is 50. The molecule has 0 radical (unpaired) electrons. The molecule has 26 nitrogen and oxygen atoms in total. The summed E-state index contributed by atoms with van der Waals surface area (Å²) in [6.07, 6.45) is 13.3. The highest BCUT2D eigenvalue weighted by Crippen LogP contribution is 2.47. The number of fused-ring (bicyclic) bond motifs is 2. The molecular weight excluding hydrogens is 1560 g/mol. The molecule has 4 aliphatic rings. The summed E-state index contributed by atoms with van der Waals surface area (Å²) in [5.74, 6) is -11.9. The van der Waals surface area contributed by atoms with Crippen molar-refractivity contribution in [3.63, 3.8) is 0 Å².